The average molecular weight is 313 g/mol. The monoisotopic (exact) mass is 312 g/mol. The van der Waals surface area contributed by atoms with E-state index in [0.29, 0.717) is 11.7 Å². The summed E-state index contributed by atoms with van der Waals surface area (Å²) < 4.78 is 0. The van der Waals surface area contributed by atoms with Crippen molar-refractivity contribution in [2.75, 3.05) is 13.1 Å². The maximum absolute atomic E-state index is 12.0. The number of nitrogens with zero attached hydrogens (tertiary/aromatic N) is 1. The van der Waals surface area contributed by atoms with Gasteiger partial charge in [-0.25, -0.2) is 0 Å². The molecule has 0 radical (unpaired) electrons. The Kier molecular flexibility index (Phi) is 5.75. The van der Waals surface area contributed by atoms with Crippen LogP contribution in [0.15, 0.2) is 29.2 Å². The van der Waals surface area contributed by atoms with E-state index in [9.17, 15) is 4.79 Å². The van der Waals surface area contributed by atoms with Gasteiger partial charge in [-0.3, -0.25) is 4.79 Å². The third-order valence-electron chi connectivity index (χ3n) is 3.63. The Morgan fingerprint density at radius 3 is 2.55 bits per heavy atom. The second-order valence-corrected chi connectivity index (χ2v) is 6.92. The molecule has 0 saturated carbocycles. The van der Waals surface area contributed by atoms with Crippen LogP contribution in [0.4, 0.5) is 0 Å². The van der Waals surface area contributed by atoms with E-state index in [1.54, 1.807) is 0 Å². The summed E-state index contributed by atoms with van der Waals surface area (Å²) in [5.74, 6) is 0.0995. The van der Waals surface area contributed by atoms with Crippen molar-refractivity contribution in [2.24, 2.45) is 5.73 Å². The Bertz CT molecular complexity index is 444. The van der Waals surface area contributed by atoms with E-state index in [-0.39, 0.29) is 11.9 Å². The van der Waals surface area contributed by atoms with Crippen LogP contribution in [0, 0.1) is 0 Å². The first-order chi connectivity index (χ1) is 9.60. The van der Waals surface area contributed by atoms with Gasteiger partial charge in [-0.15, -0.1) is 11.8 Å². The average Bonchev–Trinajstić information content (AvgIpc) is 2.49. The smallest absolute Gasteiger partial charge is 0.239 e. The number of hydrogen-bond acceptors (Lipinski definition) is 3. The van der Waals surface area contributed by atoms with Gasteiger partial charge in [0.2, 0.25) is 5.91 Å². The van der Waals surface area contributed by atoms with Crippen molar-refractivity contribution in [1.82, 2.24) is 4.90 Å². The maximum Gasteiger partial charge on any atom is 0.239 e. The standard InChI is InChI=1S/C15H21ClN2OS/c1-2-14(17)15(19)18-9-7-13(8-10-18)20-12-5-3-11(16)4-6-12/h3-6,13-14H,2,7-10,17H2,1H3/t14-/m0/s1. The molecule has 1 aromatic carbocycles. The third-order valence-corrected chi connectivity index (χ3v) is 5.23. The number of rotatable bonds is 4. The van der Waals surface area contributed by atoms with Gasteiger partial charge in [0.1, 0.15) is 0 Å². The van der Waals surface area contributed by atoms with Crippen LogP contribution < -0.4 is 5.73 Å². The largest absolute Gasteiger partial charge is 0.341 e. The number of halogens is 1. The van der Waals surface area contributed by atoms with Gasteiger partial charge < -0.3 is 10.6 Å². The van der Waals surface area contributed by atoms with Crippen molar-refractivity contribution in [3.8, 4) is 0 Å². The lowest BCUT2D eigenvalue weighted by Crippen LogP contribution is -2.47. The second-order valence-electron chi connectivity index (χ2n) is 5.11. The highest BCUT2D eigenvalue weighted by Gasteiger charge is 2.25. The number of piperidine rings is 1. The highest BCUT2D eigenvalue weighted by atomic mass is 35.5. The topological polar surface area (TPSA) is 46.3 Å². The first kappa shape index (κ1) is 15.7. The fourth-order valence-electron chi connectivity index (χ4n) is 2.31. The summed E-state index contributed by atoms with van der Waals surface area (Å²) in [5, 5.41) is 1.33. The number of carbonyl (C=O) groups is 1. The van der Waals surface area contributed by atoms with Crippen molar-refractivity contribution in [3.05, 3.63) is 29.3 Å². The fraction of sp³-hybridized carbons (Fsp3) is 0.533. The number of thioether (sulfide) groups is 1. The Hall–Kier alpha value is -0.710. The Labute approximate surface area is 129 Å². The van der Waals surface area contributed by atoms with Crippen molar-refractivity contribution in [1.29, 1.82) is 0 Å². The van der Waals surface area contributed by atoms with Crippen LogP contribution in [0.3, 0.4) is 0 Å². The van der Waals surface area contributed by atoms with E-state index in [4.69, 9.17) is 17.3 Å². The normalized spacial score (nSPS) is 18.1. The Morgan fingerprint density at radius 1 is 1.40 bits per heavy atom. The van der Waals surface area contributed by atoms with Crippen LogP contribution in [0.2, 0.25) is 5.02 Å². The SMILES string of the molecule is CC[C@H](N)C(=O)N1CCC(Sc2ccc(Cl)cc2)CC1. The number of likely N-dealkylation sites (tertiary alicyclic amines) is 1. The molecule has 1 saturated heterocycles. The number of carbonyl (C=O) groups excluding carboxylic acids is 1. The molecule has 3 nitrogen and oxygen atoms in total. The molecule has 1 atom stereocenters. The van der Waals surface area contributed by atoms with Crippen LogP contribution in [0.1, 0.15) is 26.2 Å². The molecular weight excluding hydrogens is 292 g/mol. The molecule has 2 N–H and O–H groups in total. The van der Waals surface area contributed by atoms with Gasteiger partial charge in [0.05, 0.1) is 6.04 Å². The summed E-state index contributed by atoms with van der Waals surface area (Å²) in [6.07, 6.45) is 2.75. The summed E-state index contributed by atoms with van der Waals surface area (Å²) in [7, 11) is 0. The molecule has 0 unspecified atom stereocenters. The molecule has 1 aliphatic rings. The number of hydrogen-bond donors (Lipinski definition) is 1. The van der Waals surface area contributed by atoms with Crippen LogP contribution in [0.25, 0.3) is 0 Å². The molecule has 1 fully saturated rings. The van der Waals surface area contributed by atoms with E-state index >= 15 is 0 Å². The molecule has 0 spiro atoms. The van der Waals surface area contributed by atoms with E-state index in [1.807, 2.05) is 35.7 Å². The van der Waals surface area contributed by atoms with E-state index in [1.165, 1.54) is 4.90 Å². The lowest BCUT2D eigenvalue weighted by atomic mass is 10.1. The summed E-state index contributed by atoms with van der Waals surface area (Å²) in [6, 6.07) is 7.61. The predicted molar refractivity (Wildman–Crippen MR) is 85.2 cm³/mol. The van der Waals surface area contributed by atoms with Crippen LogP contribution in [0.5, 0.6) is 0 Å². The first-order valence-corrected chi connectivity index (χ1v) is 8.32. The molecule has 2 rings (SSSR count). The van der Waals surface area contributed by atoms with Crippen molar-refractivity contribution < 1.29 is 4.79 Å². The molecule has 20 heavy (non-hydrogen) atoms. The highest BCUT2D eigenvalue weighted by molar-refractivity contribution is 8.00. The molecule has 1 aliphatic heterocycles. The van der Waals surface area contributed by atoms with Gasteiger partial charge in [0.15, 0.2) is 0 Å². The van der Waals surface area contributed by atoms with Gasteiger partial charge in [0, 0.05) is 28.3 Å². The fourth-order valence-corrected chi connectivity index (χ4v) is 3.56. The molecule has 1 amide bonds. The molecule has 5 heteroatoms. The van der Waals surface area contributed by atoms with Crippen LogP contribution >= 0.6 is 23.4 Å². The zero-order valence-corrected chi connectivity index (χ0v) is 13.3. The molecule has 0 bridgehead atoms. The summed E-state index contributed by atoms with van der Waals surface area (Å²) in [6.45, 7) is 3.58. The molecule has 1 heterocycles. The number of amides is 1. The lowest BCUT2D eigenvalue weighted by Gasteiger charge is -2.33. The van der Waals surface area contributed by atoms with Gasteiger partial charge in [-0.05, 0) is 43.5 Å². The minimum absolute atomic E-state index is 0.0995. The predicted octanol–water partition coefficient (Wildman–Crippen LogP) is 3.16. The molecule has 0 aromatic heterocycles. The first-order valence-electron chi connectivity index (χ1n) is 7.06. The minimum atomic E-state index is -0.338. The summed E-state index contributed by atoms with van der Waals surface area (Å²) in [4.78, 5) is 15.2. The zero-order chi connectivity index (χ0) is 14.5. The van der Waals surface area contributed by atoms with Gasteiger partial charge in [-0.2, -0.15) is 0 Å². The number of benzene rings is 1. The molecule has 0 aliphatic carbocycles. The van der Waals surface area contributed by atoms with E-state index < -0.39 is 0 Å². The highest BCUT2D eigenvalue weighted by Crippen LogP contribution is 2.31. The van der Waals surface area contributed by atoms with Crippen molar-refractivity contribution in [3.63, 3.8) is 0 Å². The molecule has 110 valence electrons. The molecule has 1 aromatic rings. The Morgan fingerprint density at radius 2 is 2.00 bits per heavy atom. The van der Waals surface area contributed by atoms with Gasteiger partial charge >= 0.3 is 0 Å². The quantitative estimate of drug-likeness (QED) is 0.929. The summed E-state index contributed by atoms with van der Waals surface area (Å²) in [5.41, 5.74) is 5.81. The number of nitrogens with two attached hydrogens (primary N) is 1. The Balaban J connectivity index is 1.82. The van der Waals surface area contributed by atoms with E-state index in [0.717, 1.165) is 31.0 Å². The summed E-state index contributed by atoms with van der Waals surface area (Å²) >= 11 is 7.76. The minimum Gasteiger partial charge on any atom is -0.341 e. The van der Waals surface area contributed by atoms with Gasteiger partial charge in [-0.1, -0.05) is 18.5 Å². The maximum atomic E-state index is 12.0. The van der Waals surface area contributed by atoms with Gasteiger partial charge in [0.25, 0.3) is 0 Å². The second kappa shape index (κ2) is 7.34. The van der Waals surface area contributed by atoms with Crippen LogP contribution in [-0.4, -0.2) is 35.2 Å². The third kappa shape index (κ3) is 4.14. The lowest BCUT2D eigenvalue weighted by molar-refractivity contribution is -0.133. The van der Waals surface area contributed by atoms with Crippen molar-refractivity contribution in [2.45, 2.75) is 42.4 Å². The van der Waals surface area contributed by atoms with Crippen LogP contribution in [-0.2, 0) is 4.79 Å². The van der Waals surface area contributed by atoms with Crippen molar-refractivity contribution >= 4 is 29.3 Å². The van der Waals surface area contributed by atoms with E-state index in [2.05, 4.69) is 12.1 Å². The zero-order valence-electron chi connectivity index (χ0n) is 11.7. The molecular formula is C15H21ClN2OS.